The minimum atomic E-state index is -5.44. The van der Waals surface area contributed by atoms with Gasteiger partial charge in [-0.15, -0.1) is 0 Å². The molecule has 1 aliphatic heterocycles. The maximum atomic E-state index is 12.7. The van der Waals surface area contributed by atoms with Crippen molar-refractivity contribution in [3.05, 3.63) is 59.7 Å². The molecule has 0 spiro atoms. The van der Waals surface area contributed by atoms with Gasteiger partial charge in [0.25, 0.3) is 15.7 Å². The van der Waals surface area contributed by atoms with Crippen LogP contribution in [0.3, 0.4) is 0 Å². The van der Waals surface area contributed by atoms with Crippen molar-refractivity contribution in [2.24, 2.45) is 0 Å². The van der Waals surface area contributed by atoms with E-state index in [0.717, 1.165) is 30.0 Å². The monoisotopic (exact) mass is 437 g/mol. The van der Waals surface area contributed by atoms with Gasteiger partial charge in [-0.25, -0.2) is 8.42 Å². The summed E-state index contributed by atoms with van der Waals surface area (Å²) in [6.45, 7) is 2.13. The molecule has 0 radical (unpaired) electrons. The summed E-state index contributed by atoms with van der Waals surface area (Å²) in [5, 5.41) is 8.89. The molecule has 2 aromatic rings. The first-order chi connectivity index (χ1) is 14.1. The Morgan fingerprint density at radius 3 is 2.13 bits per heavy atom. The molecule has 1 aliphatic rings. The van der Waals surface area contributed by atoms with Crippen molar-refractivity contribution in [1.29, 1.82) is 5.26 Å². The third kappa shape index (κ3) is 4.41. The number of nitriles is 1. The van der Waals surface area contributed by atoms with E-state index in [4.69, 9.17) is 5.26 Å². The molecule has 0 N–H and O–H groups in total. The zero-order chi connectivity index (χ0) is 21.9. The quantitative estimate of drug-likeness (QED) is 0.737. The van der Waals surface area contributed by atoms with Gasteiger partial charge in [-0.3, -0.25) is 4.79 Å². The minimum absolute atomic E-state index is 0.128. The lowest BCUT2D eigenvalue weighted by Gasteiger charge is -2.24. The summed E-state index contributed by atoms with van der Waals surface area (Å²) in [6, 6.07) is 13.0. The highest BCUT2D eigenvalue weighted by Gasteiger charge is 2.46. The largest absolute Gasteiger partial charge is 0.501 e. The number of alkyl halides is 3. The molecule has 1 amide bonds. The van der Waals surface area contributed by atoms with Gasteiger partial charge in [-0.1, -0.05) is 0 Å². The Bertz CT molecular complexity index is 1060. The Hall–Kier alpha value is -3.06. The SMILES string of the molecule is N#Cc1ccc(N2CCCN(C(=O)c3ccc(S(=O)(=O)C(F)(F)F)cc3)CC2)cc1. The molecule has 0 aliphatic carbocycles. The maximum absolute atomic E-state index is 12.7. The van der Waals surface area contributed by atoms with Gasteiger partial charge in [0.1, 0.15) is 0 Å². The fourth-order valence-electron chi connectivity index (χ4n) is 3.22. The molecule has 1 fully saturated rings. The van der Waals surface area contributed by atoms with E-state index in [9.17, 15) is 26.4 Å². The van der Waals surface area contributed by atoms with Gasteiger partial charge in [0.05, 0.1) is 16.5 Å². The minimum Gasteiger partial charge on any atom is -0.370 e. The number of hydrogen-bond acceptors (Lipinski definition) is 5. The van der Waals surface area contributed by atoms with Crippen LogP contribution in [0, 0.1) is 11.3 Å². The van der Waals surface area contributed by atoms with Crippen LogP contribution in [0.4, 0.5) is 18.9 Å². The van der Waals surface area contributed by atoms with Crippen LogP contribution in [-0.4, -0.2) is 50.9 Å². The number of hydrogen-bond donors (Lipinski definition) is 0. The van der Waals surface area contributed by atoms with Crippen LogP contribution < -0.4 is 4.90 Å². The summed E-state index contributed by atoms with van der Waals surface area (Å²) < 4.78 is 60.8. The fraction of sp³-hybridized carbons (Fsp3) is 0.300. The Kier molecular flexibility index (Phi) is 6.03. The maximum Gasteiger partial charge on any atom is 0.501 e. The second-order valence-electron chi connectivity index (χ2n) is 6.77. The molecule has 6 nitrogen and oxygen atoms in total. The molecule has 1 saturated heterocycles. The number of amides is 1. The Morgan fingerprint density at radius 2 is 1.57 bits per heavy atom. The molecule has 0 unspecified atom stereocenters. The summed E-state index contributed by atoms with van der Waals surface area (Å²) in [5.41, 5.74) is -3.77. The van der Waals surface area contributed by atoms with Gasteiger partial charge >= 0.3 is 5.51 Å². The number of halogens is 3. The van der Waals surface area contributed by atoms with Crippen molar-refractivity contribution >= 4 is 21.4 Å². The fourth-order valence-corrected chi connectivity index (χ4v) is 3.98. The normalized spacial score (nSPS) is 15.4. The highest BCUT2D eigenvalue weighted by Crippen LogP contribution is 2.30. The number of rotatable bonds is 3. The van der Waals surface area contributed by atoms with E-state index in [1.54, 1.807) is 17.0 Å². The molecule has 158 valence electrons. The van der Waals surface area contributed by atoms with E-state index in [1.807, 2.05) is 12.1 Å². The molecule has 1 heterocycles. The van der Waals surface area contributed by atoms with Gasteiger partial charge in [0, 0.05) is 37.4 Å². The number of benzene rings is 2. The van der Waals surface area contributed by atoms with Gasteiger partial charge in [-0.05, 0) is 55.0 Å². The van der Waals surface area contributed by atoms with E-state index in [1.165, 1.54) is 0 Å². The first-order valence-corrected chi connectivity index (χ1v) is 10.6. The van der Waals surface area contributed by atoms with Crippen molar-refractivity contribution < 1.29 is 26.4 Å². The standard InChI is InChI=1S/C20H18F3N3O3S/c21-20(22,23)30(28,29)18-8-4-16(5-9-18)19(27)26-11-1-10-25(12-13-26)17-6-2-15(14-24)3-7-17/h2-9H,1,10-13H2. The van der Waals surface area contributed by atoms with E-state index in [-0.39, 0.29) is 11.5 Å². The Morgan fingerprint density at radius 1 is 0.933 bits per heavy atom. The summed E-state index contributed by atoms with van der Waals surface area (Å²) in [6.07, 6.45) is 0.687. The zero-order valence-electron chi connectivity index (χ0n) is 15.8. The van der Waals surface area contributed by atoms with Crippen LogP contribution in [0.25, 0.3) is 0 Å². The van der Waals surface area contributed by atoms with E-state index < -0.39 is 20.2 Å². The number of anilines is 1. The van der Waals surface area contributed by atoms with Gasteiger partial charge in [-0.2, -0.15) is 18.4 Å². The third-order valence-electron chi connectivity index (χ3n) is 4.86. The Labute approximate surface area is 172 Å². The first kappa shape index (κ1) is 21.6. The van der Waals surface area contributed by atoms with E-state index in [0.29, 0.717) is 38.2 Å². The summed E-state index contributed by atoms with van der Waals surface area (Å²) in [7, 11) is -5.44. The number of carbonyl (C=O) groups is 1. The van der Waals surface area contributed by atoms with Gasteiger partial charge in [0.2, 0.25) is 0 Å². The Balaban J connectivity index is 1.69. The molecule has 3 rings (SSSR count). The van der Waals surface area contributed by atoms with Crippen molar-refractivity contribution in [2.75, 3.05) is 31.1 Å². The molecule has 30 heavy (non-hydrogen) atoms. The van der Waals surface area contributed by atoms with Crippen LogP contribution in [0.1, 0.15) is 22.3 Å². The highest BCUT2D eigenvalue weighted by atomic mass is 32.2. The molecule has 0 aromatic heterocycles. The second kappa shape index (κ2) is 8.36. The topological polar surface area (TPSA) is 81.5 Å². The number of sulfone groups is 1. The van der Waals surface area contributed by atoms with Crippen LogP contribution in [0.5, 0.6) is 0 Å². The average Bonchev–Trinajstić information content (AvgIpc) is 2.99. The van der Waals surface area contributed by atoms with E-state index in [2.05, 4.69) is 11.0 Å². The van der Waals surface area contributed by atoms with E-state index >= 15 is 0 Å². The molecule has 0 atom stereocenters. The predicted molar refractivity (Wildman–Crippen MR) is 104 cm³/mol. The summed E-state index contributed by atoms with van der Waals surface area (Å²) in [5.74, 6) is -0.368. The number of carbonyl (C=O) groups excluding carboxylic acids is 1. The molecule has 0 saturated carbocycles. The zero-order valence-corrected chi connectivity index (χ0v) is 16.6. The van der Waals surface area contributed by atoms with Crippen molar-refractivity contribution in [3.63, 3.8) is 0 Å². The lowest BCUT2D eigenvalue weighted by atomic mass is 10.2. The summed E-state index contributed by atoms with van der Waals surface area (Å²) in [4.78, 5) is 15.5. The van der Waals surface area contributed by atoms with Crippen molar-refractivity contribution in [2.45, 2.75) is 16.8 Å². The first-order valence-electron chi connectivity index (χ1n) is 9.09. The lowest BCUT2D eigenvalue weighted by molar-refractivity contribution is -0.0436. The second-order valence-corrected chi connectivity index (χ2v) is 8.71. The average molecular weight is 437 g/mol. The van der Waals surface area contributed by atoms with Gasteiger partial charge < -0.3 is 9.80 Å². The molecular weight excluding hydrogens is 419 g/mol. The lowest BCUT2D eigenvalue weighted by Crippen LogP contribution is -2.35. The molecule has 10 heteroatoms. The van der Waals surface area contributed by atoms with Gasteiger partial charge in [0.15, 0.2) is 0 Å². The van der Waals surface area contributed by atoms with Crippen LogP contribution in [0.15, 0.2) is 53.4 Å². The van der Waals surface area contributed by atoms with Crippen LogP contribution in [0.2, 0.25) is 0 Å². The predicted octanol–water partition coefficient (Wildman–Crippen LogP) is 3.20. The highest BCUT2D eigenvalue weighted by molar-refractivity contribution is 7.92. The van der Waals surface area contributed by atoms with Crippen LogP contribution >= 0.6 is 0 Å². The smallest absolute Gasteiger partial charge is 0.370 e. The molecule has 2 aromatic carbocycles. The molecule has 0 bridgehead atoms. The number of nitrogens with zero attached hydrogens (tertiary/aromatic N) is 3. The summed E-state index contributed by atoms with van der Waals surface area (Å²) >= 11 is 0. The van der Waals surface area contributed by atoms with Crippen molar-refractivity contribution in [3.8, 4) is 6.07 Å². The van der Waals surface area contributed by atoms with Crippen molar-refractivity contribution in [1.82, 2.24) is 4.90 Å². The van der Waals surface area contributed by atoms with Crippen LogP contribution in [-0.2, 0) is 9.84 Å². The third-order valence-corrected chi connectivity index (χ3v) is 6.36. The molecular formula is C20H18F3N3O3S.